The van der Waals surface area contributed by atoms with Gasteiger partial charge in [0.05, 0.1) is 17.2 Å². The standard InChI is InChI=1S/C17H20N2O5S/c1-3-24-17(21)14-16(20)13-9-10-19(15(13)11(2)18-14)25(22,23)12-7-5-4-6-8-12/h4-11,14,16,18,20H,3H2,1-2H3/t11-,14+,16+/m0/s1. The van der Waals surface area contributed by atoms with Crippen LogP contribution in [0.15, 0.2) is 47.5 Å². The number of aliphatic hydroxyl groups excluding tert-OH is 1. The zero-order valence-electron chi connectivity index (χ0n) is 13.9. The third kappa shape index (κ3) is 2.97. The number of hydrogen-bond acceptors (Lipinski definition) is 6. The minimum Gasteiger partial charge on any atom is -0.465 e. The maximum Gasteiger partial charge on any atom is 0.326 e. The Kier molecular flexibility index (Phi) is 4.68. The first-order chi connectivity index (χ1) is 11.9. The number of nitrogens with zero attached hydrogens (tertiary/aromatic N) is 1. The predicted octanol–water partition coefficient (Wildman–Crippen LogP) is 1.35. The zero-order valence-corrected chi connectivity index (χ0v) is 14.7. The molecule has 8 heteroatoms. The van der Waals surface area contributed by atoms with E-state index in [4.69, 9.17) is 4.74 Å². The minimum atomic E-state index is -3.79. The van der Waals surface area contributed by atoms with Crippen LogP contribution in [0.3, 0.4) is 0 Å². The summed E-state index contributed by atoms with van der Waals surface area (Å²) in [6.45, 7) is 3.63. The van der Waals surface area contributed by atoms with Crippen molar-refractivity contribution in [1.82, 2.24) is 9.29 Å². The molecule has 0 radical (unpaired) electrons. The molecule has 0 amide bonds. The largest absolute Gasteiger partial charge is 0.465 e. The van der Waals surface area contributed by atoms with Crippen LogP contribution in [0.5, 0.6) is 0 Å². The molecule has 1 aliphatic heterocycles. The predicted molar refractivity (Wildman–Crippen MR) is 90.4 cm³/mol. The highest BCUT2D eigenvalue weighted by atomic mass is 32.2. The van der Waals surface area contributed by atoms with Crippen molar-refractivity contribution >= 4 is 16.0 Å². The van der Waals surface area contributed by atoms with Gasteiger partial charge in [0.25, 0.3) is 10.0 Å². The number of aromatic nitrogens is 1. The number of hydrogen-bond donors (Lipinski definition) is 2. The first-order valence-corrected chi connectivity index (χ1v) is 9.44. The van der Waals surface area contributed by atoms with Gasteiger partial charge in [-0.15, -0.1) is 0 Å². The van der Waals surface area contributed by atoms with E-state index in [-0.39, 0.29) is 11.5 Å². The minimum absolute atomic E-state index is 0.155. The fourth-order valence-electron chi connectivity index (χ4n) is 3.10. The molecule has 2 N–H and O–H groups in total. The van der Waals surface area contributed by atoms with Gasteiger partial charge in [-0.05, 0) is 32.0 Å². The summed E-state index contributed by atoms with van der Waals surface area (Å²) >= 11 is 0. The van der Waals surface area contributed by atoms with Crippen molar-refractivity contribution in [2.75, 3.05) is 6.61 Å². The number of ether oxygens (including phenoxy) is 1. The van der Waals surface area contributed by atoms with E-state index in [1.807, 2.05) is 0 Å². The molecule has 7 nitrogen and oxygen atoms in total. The Labute approximate surface area is 146 Å². The Morgan fingerprint density at radius 3 is 2.60 bits per heavy atom. The van der Waals surface area contributed by atoms with Crippen molar-refractivity contribution in [2.24, 2.45) is 0 Å². The van der Waals surface area contributed by atoms with Gasteiger partial charge >= 0.3 is 5.97 Å². The summed E-state index contributed by atoms with van der Waals surface area (Å²) in [5, 5.41) is 13.5. The second kappa shape index (κ2) is 6.62. The van der Waals surface area contributed by atoms with E-state index >= 15 is 0 Å². The highest BCUT2D eigenvalue weighted by Gasteiger charge is 2.40. The summed E-state index contributed by atoms with van der Waals surface area (Å²) in [5.41, 5.74) is 0.820. The average molecular weight is 364 g/mol. The first kappa shape index (κ1) is 17.7. The van der Waals surface area contributed by atoms with Crippen molar-refractivity contribution in [3.05, 3.63) is 53.9 Å². The number of rotatable bonds is 4. The van der Waals surface area contributed by atoms with Crippen LogP contribution >= 0.6 is 0 Å². The summed E-state index contributed by atoms with van der Waals surface area (Å²) in [6.07, 6.45) is 0.222. The highest BCUT2D eigenvalue weighted by Crippen LogP contribution is 2.35. The SMILES string of the molecule is CCOC(=O)[C@@H]1N[C@@H](C)c2c(ccn2S(=O)(=O)c2ccccc2)[C@H]1O. The number of aliphatic hydroxyl groups is 1. The molecule has 1 aliphatic rings. The Morgan fingerprint density at radius 1 is 1.28 bits per heavy atom. The second-order valence-electron chi connectivity index (χ2n) is 5.83. The molecule has 1 aromatic carbocycles. The number of carbonyl (C=O) groups is 1. The Balaban J connectivity index is 2.04. The fourth-order valence-corrected chi connectivity index (χ4v) is 4.57. The molecule has 3 atom stereocenters. The fraction of sp³-hybridized carbons (Fsp3) is 0.353. The van der Waals surface area contributed by atoms with Gasteiger partial charge in [0.1, 0.15) is 12.1 Å². The monoisotopic (exact) mass is 364 g/mol. The van der Waals surface area contributed by atoms with Crippen molar-refractivity contribution < 1.29 is 23.1 Å². The molecular formula is C17H20N2O5S. The van der Waals surface area contributed by atoms with E-state index in [1.54, 1.807) is 32.0 Å². The zero-order chi connectivity index (χ0) is 18.2. The molecule has 0 bridgehead atoms. The van der Waals surface area contributed by atoms with E-state index in [1.165, 1.54) is 24.4 Å². The third-order valence-electron chi connectivity index (χ3n) is 4.24. The number of carbonyl (C=O) groups excluding carboxylic acids is 1. The summed E-state index contributed by atoms with van der Waals surface area (Å²) in [5.74, 6) is -0.564. The maximum absolute atomic E-state index is 12.9. The number of benzene rings is 1. The van der Waals surface area contributed by atoms with Gasteiger partial charge in [0.2, 0.25) is 0 Å². The van der Waals surface area contributed by atoms with Crippen LogP contribution in [-0.2, 0) is 19.6 Å². The lowest BCUT2D eigenvalue weighted by molar-refractivity contribution is -0.149. The molecule has 134 valence electrons. The molecule has 25 heavy (non-hydrogen) atoms. The van der Waals surface area contributed by atoms with Crippen molar-refractivity contribution in [2.45, 2.75) is 36.9 Å². The van der Waals surface area contributed by atoms with Gasteiger partial charge in [0.15, 0.2) is 0 Å². The van der Waals surface area contributed by atoms with Crippen LogP contribution in [0.25, 0.3) is 0 Å². The molecule has 0 saturated carbocycles. The molecule has 0 spiro atoms. The molecule has 0 unspecified atom stereocenters. The molecular weight excluding hydrogens is 344 g/mol. The van der Waals surface area contributed by atoms with Crippen molar-refractivity contribution in [1.29, 1.82) is 0 Å². The molecule has 0 saturated heterocycles. The van der Waals surface area contributed by atoms with Crippen LogP contribution in [0.1, 0.15) is 37.3 Å². The number of esters is 1. The quantitative estimate of drug-likeness (QED) is 0.795. The van der Waals surface area contributed by atoms with E-state index in [9.17, 15) is 18.3 Å². The van der Waals surface area contributed by atoms with Gasteiger partial charge in [-0.2, -0.15) is 0 Å². The van der Waals surface area contributed by atoms with Crippen molar-refractivity contribution in [3.63, 3.8) is 0 Å². The Bertz CT molecular complexity index is 876. The van der Waals surface area contributed by atoms with Crippen LogP contribution in [-0.4, -0.2) is 36.1 Å². The lowest BCUT2D eigenvalue weighted by Crippen LogP contribution is -2.48. The second-order valence-corrected chi connectivity index (χ2v) is 7.65. The van der Waals surface area contributed by atoms with Crippen LogP contribution in [0.4, 0.5) is 0 Å². The highest BCUT2D eigenvalue weighted by molar-refractivity contribution is 7.90. The average Bonchev–Trinajstić information content (AvgIpc) is 3.06. The van der Waals surface area contributed by atoms with E-state index in [0.29, 0.717) is 11.3 Å². The summed E-state index contributed by atoms with van der Waals surface area (Å²) in [6, 6.07) is 8.21. The van der Waals surface area contributed by atoms with Gasteiger partial charge < -0.3 is 9.84 Å². The third-order valence-corrected chi connectivity index (χ3v) is 5.94. The molecule has 3 rings (SSSR count). The maximum atomic E-state index is 12.9. The van der Waals surface area contributed by atoms with Crippen molar-refractivity contribution in [3.8, 4) is 0 Å². The van der Waals surface area contributed by atoms with Gasteiger partial charge in [-0.25, -0.2) is 12.4 Å². The van der Waals surface area contributed by atoms with Gasteiger partial charge in [0, 0.05) is 17.8 Å². The molecule has 2 aromatic rings. The van der Waals surface area contributed by atoms with Gasteiger partial charge in [-0.1, -0.05) is 18.2 Å². The first-order valence-electron chi connectivity index (χ1n) is 8.00. The van der Waals surface area contributed by atoms with E-state index in [0.717, 1.165) is 3.97 Å². The van der Waals surface area contributed by atoms with Gasteiger partial charge in [-0.3, -0.25) is 10.1 Å². The van der Waals surface area contributed by atoms with Crippen LogP contribution < -0.4 is 5.32 Å². The molecule has 0 fully saturated rings. The Morgan fingerprint density at radius 2 is 1.96 bits per heavy atom. The lowest BCUT2D eigenvalue weighted by atomic mass is 9.94. The summed E-state index contributed by atoms with van der Waals surface area (Å²) < 4.78 is 31.9. The summed E-state index contributed by atoms with van der Waals surface area (Å²) in [7, 11) is -3.79. The van der Waals surface area contributed by atoms with Crippen LogP contribution in [0, 0.1) is 0 Å². The molecule has 0 aliphatic carbocycles. The van der Waals surface area contributed by atoms with Crippen LogP contribution in [0.2, 0.25) is 0 Å². The van der Waals surface area contributed by atoms with E-state index < -0.39 is 34.2 Å². The summed E-state index contributed by atoms with van der Waals surface area (Å²) in [4.78, 5) is 12.2. The Hall–Kier alpha value is -2.16. The van der Waals surface area contributed by atoms with E-state index in [2.05, 4.69) is 5.32 Å². The smallest absolute Gasteiger partial charge is 0.326 e. The topological polar surface area (TPSA) is 97.6 Å². The molecule has 1 aromatic heterocycles. The number of nitrogens with one attached hydrogen (secondary N) is 1. The lowest BCUT2D eigenvalue weighted by Gasteiger charge is -2.32. The molecule has 2 heterocycles. The number of fused-ring (bicyclic) bond motifs is 1. The normalized spacial score (nSPS) is 23.1.